The topological polar surface area (TPSA) is 23.6 Å². The third-order valence-corrected chi connectivity index (χ3v) is 5.54. The van der Waals surface area contributed by atoms with Crippen LogP contribution in [0.5, 0.6) is 0 Å². The van der Waals surface area contributed by atoms with E-state index in [2.05, 4.69) is 34.1 Å². The molecule has 0 spiro atoms. The summed E-state index contributed by atoms with van der Waals surface area (Å²) in [6.07, 6.45) is 6.01. The first-order valence-corrected chi connectivity index (χ1v) is 8.43. The number of fused-ring (bicyclic) bond motifs is 3. The Bertz CT molecular complexity index is 536. The van der Waals surface area contributed by atoms with Crippen LogP contribution in [0.25, 0.3) is 0 Å². The van der Waals surface area contributed by atoms with Crippen molar-refractivity contribution in [2.24, 2.45) is 5.92 Å². The summed E-state index contributed by atoms with van der Waals surface area (Å²) in [5, 5.41) is 0. The first-order valence-electron chi connectivity index (χ1n) is 8.43. The van der Waals surface area contributed by atoms with Gasteiger partial charge in [0.2, 0.25) is 5.91 Å². The molecule has 0 bridgehead atoms. The average Bonchev–Trinajstić information content (AvgIpc) is 2.93. The van der Waals surface area contributed by atoms with Crippen molar-refractivity contribution in [2.45, 2.75) is 44.7 Å². The smallest absolute Gasteiger partial charge is 0.225 e. The number of nitrogens with zero attached hydrogens (tertiary/aromatic N) is 2. The molecular formula is C18H24N2O. The van der Waals surface area contributed by atoms with Crippen molar-refractivity contribution in [1.29, 1.82) is 0 Å². The van der Waals surface area contributed by atoms with Gasteiger partial charge in [0, 0.05) is 32.1 Å². The molecule has 1 unspecified atom stereocenters. The standard InChI is InChI=1S/C18H24N2O/c21-18(14-6-2-1-3-7-14)20-11-10-19-12-15-8-4-5-9-16(15)17(19)13-20/h4-5,8-9,14,17H,1-3,6-7,10-13H2. The van der Waals surface area contributed by atoms with Gasteiger partial charge in [0.25, 0.3) is 0 Å². The van der Waals surface area contributed by atoms with Crippen molar-refractivity contribution in [3.05, 3.63) is 35.4 Å². The summed E-state index contributed by atoms with van der Waals surface area (Å²) in [7, 11) is 0. The van der Waals surface area contributed by atoms with Gasteiger partial charge in [-0.2, -0.15) is 0 Å². The number of benzene rings is 1. The number of carbonyl (C=O) groups is 1. The molecule has 2 heterocycles. The zero-order valence-electron chi connectivity index (χ0n) is 12.6. The Kier molecular flexibility index (Phi) is 3.46. The van der Waals surface area contributed by atoms with Gasteiger partial charge in [-0.1, -0.05) is 43.5 Å². The molecule has 112 valence electrons. The molecule has 1 saturated heterocycles. The maximum Gasteiger partial charge on any atom is 0.225 e. The lowest BCUT2D eigenvalue weighted by molar-refractivity contribution is -0.139. The second kappa shape index (κ2) is 5.45. The van der Waals surface area contributed by atoms with Crippen LogP contribution in [0, 0.1) is 5.92 Å². The Morgan fingerprint density at radius 3 is 2.71 bits per heavy atom. The van der Waals surface area contributed by atoms with E-state index in [0.717, 1.165) is 39.0 Å². The Morgan fingerprint density at radius 2 is 1.86 bits per heavy atom. The van der Waals surface area contributed by atoms with Crippen LogP contribution in [-0.4, -0.2) is 35.3 Å². The molecule has 1 aromatic rings. The number of carbonyl (C=O) groups excluding carboxylic acids is 1. The summed E-state index contributed by atoms with van der Waals surface area (Å²) in [6, 6.07) is 9.17. The van der Waals surface area contributed by atoms with Gasteiger partial charge in [-0.25, -0.2) is 0 Å². The van der Waals surface area contributed by atoms with Crippen molar-refractivity contribution < 1.29 is 4.79 Å². The number of piperazine rings is 1. The van der Waals surface area contributed by atoms with Gasteiger partial charge >= 0.3 is 0 Å². The third kappa shape index (κ3) is 2.38. The number of amides is 1. The minimum atomic E-state index is 0.307. The number of rotatable bonds is 1. The predicted molar refractivity (Wildman–Crippen MR) is 82.7 cm³/mol. The number of hydrogen-bond acceptors (Lipinski definition) is 2. The first kappa shape index (κ1) is 13.3. The maximum atomic E-state index is 12.8. The number of hydrogen-bond donors (Lipinski definition) is 0. The zero-order chi connectivity index (χ0) is 14.2. The lowest BCUT2D eigenvalue weighted by atomic mass is 9.88. The summed E-state index contributed by atoms with van der Waals surface area (Å²) < 4.78 is 0. The van der Waals surface area contributed by atoms with E-state index in [0.29, 0.717) is 17.9 Å². The summed E-state index contributed by atoms with van der Waals surface area (Å²) in [5.41, 5.74) is 2.90. The minimum Gasteiger partial charge on any atom is -0.339 e. The molecule has 1 atom stereocenters. The molecule has 3 heteroatoms. The zero-order valence-corrected chi connectivity index (χ0v) is 12.6. The fourth-order valence-corrected chi connectivity index (χ4v) is 4.33. The van der Waals surface area contributed by atoms with E-state index in [1.165, 1.54) is 30.4 Å². The van der Waals surface area contributed by atoms with Crippen molar-refractivity contribution in [3.8, 4) is 0 Å². The highest BCUT2D eigenvalue weighted by Gasteiger charge is 2.37. The predicted octanol–water partition coefficient (Wildman–Crippen LogP) is 2.97. The molecule has 0 aromatic heterocycles. The van der Waals surface area contributed by atoms with Gasteiger partial charge in [0.15, 0.2) is 0 Å². The van der Waals surface area contributed by atoms with E-state index in [-0.39, 0.29) is 0 Å². The molecule has 1 amide bonds. The Hall–Kier alpha value is -1.35. The second-order valence-electron chi connectivity index (χ2n) is 6.80. The highest BCUT2D eigenvalue weighted by molar-refractivity contribution is 5.79. The van der Waals surface area contributed by atoms with Crippen molar-refractivity contribution in [1.82, 2.24) is 9.80 Å². The van der Waals surface area contributed by atoms with Crippen LogP contribution in [-0.2, 0) is 11.3 Å². The molecule has 1 aliphatic carbocycles. The molecular weight excluding hydrogens is 260 g/mol. The van der Waals surface area contributed by atoms with E-state index in [4.69, 9.17) is 0 Å². The minimum absolute atomic E-state index is 0.307. The summed E-state index contributed by atoms with van der Waals surface area (Å²) >= 11 is 0. The van der Waals surface area contributed by atoms with Gasteiger partial charge in [0.1, 0.15) is 0 Å². The third-order valence-electron chi connectivity index (χ3n) is 5.54. The van der Waals surface area contributed by atoms with Gasteiger partial charge < -0.3 is 4.90 Å². The normalized spacial score (nSPS) is 26.5. The van der Waals surface area contributed by atoms with Crippen LogP contribution in [0.4, 0.5) is 0 Å². The molecule has 1 aromatic carbocycles. The quantitative estimate of drug-likeness (QED) is 0.791. The fourth-order valence-electron chi connectivity index (χ4n) is 4.33. The van der Waals surface area contributed by atoms with Gasteiger partial charge in [-0.05, 0) is 24.0 Å². The van der Waals surface area contributed by atoms with Crippen LogP contribution >= 0.6 is 0 Å². The molecule has 0 N–H and O–H groups in total. The monoisotopic (exact) mass is 284 g/mol. The largest absolute Gasteiger partial charge is 0.339 e. The molecule has 21 heavy (non-hydrogen) atoms. The van der Waals surface area contributed by atoms with Gasteiger partial charge in [-0.3, -0.25) is 9.69 Å². The van der Waals surface area contributed by atoms with Crippen LogP contribution in [0.15, 0.2) is 24.3 Å². The van der Waals surface area contributed by atoms with E-state index in [1.54, 1.807) is 0 Å². The van der Waals surface area contributed by atoms with Crippen LogP contribution in [0.3, 0.4) is 0 Å². The lowest BCUT2D eigenvalue weighted by Crippen LogP contribution is -2.49. The van der Waals surface area contributed by atoms with Gasteiger partial charge in [0.05, 0.1) is 6.04 Å². The molecule has 3 nitrogen and oxygen atoms in total. The van der Waals surface area contributed by atoms with Gasteiger partial charge in [-0.15, -0.1) is 0 Å². The van der Waals surface area contributed by atoms with Crippen molar-refractivity contribution in [3.63, 3.8) is 0 Å². The van der Waals surface area contributed by atoms with E-state index >= 15 is 0 Å². The van der Waals surface area contributed by atoms with Crippen LogP contribution in [0.1, 0.15) is 49.3 Å². The van der Waals surface area contributed by atoms with Crippen molar-refractivity contribution >= 4 is 5.91 Å². The Morgan fingerprint density at radius 1 is 1.05 bits per heavy atom. The van der Waals surface area contributed by atoms with E-state index in [9.17, 15) is 4.79 Å². The van der Waals surface area contributed by atoms with Crippen LogP contribution < -0.4 is 0 Å². The summed E-state index contributed by atoms with van der Waals surface area (Å²) in [5.74, 6) is 0.737. The molecule has 0 radical (unpaired) electrons. The Labute approximate surface area is 126 Å². The van der Waals surface area contributed by atoms with Crippen LogP contribution in [0.2, 0.25) is 0 Å². The average molecular weight is 284 g/mol. The Balaban J connectivity index is 1.49. The van der Waals surface area contributed by atoms with Crippen molar-refractivity contribution in [2.75, 3.05) is 19.6 Å². The molecule has 2 fully saturated rings. The molecule has 4 rings (SSSR count). The highest BCUT2D eigenvalue weighted by Crippen LogP contribution is 2.37. The highest BCUT2D eigenvalue weighted by atomic mass is 16.2. The first-order chi connectivity index (χ1) is 10.3. The lowest BCUT2D eigenvalue weighted by Gasteiger charge is -2.39. The second-order valence-corrected chi connectivity index (χ2v) is 6.80. The van der Waals surface area contributed by atoms with E-state index in [1.807, 2.05) is 0 Å². The fraction of sp³-hybridized carbons (Fsp3) is 0.611. The summed E-state index contributed by atoms with van der Waals surface area (Å²) in [6.45, 7) is 3.90. The SMILES string of the molecule is O=C(C1CCCCC1)N1CCN2Cc3ccccc3C2C1. The molecule has 1 saturated carbocycles. The molecule has 2 aliphatic heterocycles. The van der Waals surface area contributed by atoms with E-state index < -0.39 is 0 Å². The summed E-state index contributed by atoms with van der Waals surface area (Å²) in [4.78, 5) is 17.5. The molecule has 3 aliphatic rings. The maximum absolute atomic E-state index is 12.8.